The Balaban J connectivity index is 0.000000970. The molecule has 1 fully saturated rings. The van der Waals surface area contributed by atoms with Gasteiger partial charge in [0, 0.05) is 12.0 Å². The summed E-state index contributed by atoms with van der Waals surface area (Å²) >= 11 is 0. The number of nitrogens with one attached hydrogen (secondary N) is 2. The first-order valence-corrected chi connectivity index (χ1v) is 8.69. The molecule has 0 aliphatic carbocycles. The molecule has 2 N–H and O–H groups in total. The van der Waals surface area contributed by atoms with Crippen LogP contribution in [0.25, 0.3) is 6.08 Å². The molecule has 0 bridgehead atoms. The molecule has 0 spiro atoms. The van der Waals surface area contributed by atoms with Crippen molar-refractivity contribution in [1.82, 2.24) is 10.6 Å². The molecular formula is C20H28N2O3. The van der Waals surface area contributed by atoms with Gasteiger partial charge >= 0.3 is 0 Å². The molecule has 1 aromatic carbocycles. The number of allylic oxidation sites excluding steroid dienone is 1. The summed E-state index contributed by atoms with van der Waals surface area (Å²) in [6.45, 7) is 10.1. The first-order chi connectivity index (χ1) is 11.8. The highest BCUT2D eigenvalue weighted by Crippen LogP contribution is 2.17. The van der Waals surface area contributed by atoms with Gasteiger partial charge in [0.1, 0.15) is 6.04 Å². The molecule has 0 saturated carbocycles. The molecule has 1 aromatic rings. The Kier molecular flexibility index (Phi) is 8.05. The number of carbonyl (C=O) groups is 3. The molecule has 1 aliphatic rings. The maximum absolute atomic E-state index is 12.4. The van der Waals surface area contributed by atoms with Gasteiger partial charge in [0.15, 0.2) is 0 Å². The SMILES string of the molecule is CC(C)=Cc1cccc(C(=O)NC2CCC(=O)NC2=O)c1C.CCC. The summed E-state index contributed by atoms with van der Waals surface area (Å²) < 4.78 is 0. The highest BCUT2D eigenvalue weighted by Gasteiger charge is 2.28. The van der Waals surface area contributed by atoms with Gasteiger partial charge < -0.3 is 5.32 Å². The molecule has 5 heteroatoms. The standard InChI is InChI=1S/C17H20N2O3.C3H8/c1-10(2)9-12-5-4-6-13(11(12)3)16(21)18-14-7-8-15(20)19-17(14)22;1-3-2/h4-6,9,14H,7-8H2,1-3H3,(H,18,21)(H,19,20,22);3H2,1-2H3. The minimum Gasteiger partial charge on any atom is -0.340 e. The van der Waals surface area contributed by atoms with E-state index in [4.69, 9.17) is 0 Å². The smallest absolute Gasteiger partial charge is 0.252 e. The predicted octanol–water partition coefficient (Wildman–Crippen LogP) is 3.37. The second-order valence-electron chi connectivity index (χ2n) is 6.43. The lowest BCUT2D eigenvalue weighted by Gasteiger charge is -2.22. The molecule has 0 aromatic heterocycles. The van der Waals surface area contributed by atoms with Gasteiger partial charge in [-0.2, -0.15) is 0 Å². The number of imide groups is 1. The third-order valence-corrected chi connectivity index (χ3v) is 3.61. The lowest BCUT2D eigenvalue weighted by Crippen LogP contribution is -2.52. The number of rotatable bonds is 3. The normalized spacial score (nSPS) is 16.3. The fourth-order valence-corrected chi connectivity index (χ4v) is 2.43. The van der Waals surface area contributed by atoms with Gasteiger partial charge in [0.2, 0.25) is 11.8 Å². The minimum absolute atomic E-state index is 0.244. The van der Waals surface area contributed by atoms with E-state index in [-0.39, 0.29) is 18.2 Å². The maximum Gasteiger partial charge on any atom is 0.252 e. The Morgan fingerprint density at radius 3 is 2.48 bits per heavy atom. The van der Waals surface area contributed by atoms with Gasteiger partial charge in [-0.25, -0.2) is 0 Å². The quantitative estimate of drug-likeness (QED) is 0.826. The number of amides is 3. The molecule has 3 amide bonds. The highest BCUT2D eigenvalue weighted by atomic mass is 16.2. The van der Waals surface area contributed by atoms with E-state index < -0.39 is 11.9 Å². The van der Waals surface area contributed by atoms with Crippen molar-refractivity contribution in [3.05, 3.63) is 40.5 Å². The Morgan fingerprint density at radius 2 is 1.92 bits per heavy atom. The molecule has 136 valence electrons. The monoisotopic (exact) mass is 344 g/mol. The van der Waals surface area contributed by atoms with Crippen molar-refractivity contribution in [2.24, 2.45) is 0 Å². The Hall–Kier alpha value is -2.43. The van der Waals surface area contributed by atoms with Crippen molar-refractivity contribution < 1.29 is 14.4 Å². The van der Waals surface area contributed by atoms with Crippen molar-refractivity contribution in [2.75, 3.05) is 0 Å². The molecule has 5 nitrogen and oxygen atoms in total. The molecular weight excluding hydrogens is 316 g/mol. The van der Waals surface area contributed by atoms with Gasteiger partial charge in [-0.05, 0) is 44.4 Å². The topological polar surface area (TPSA) is 75.3 Å². The molecule has 1 atom stereocenters. The van der Waals surface area contributed by atoms with Crippen molar-refractivity contribution >= 4 is 23.8 Å². The van der Waals surface area contributed by atoms with Crippen LogP contribution in [-0.2, 0) is 9.59 Å². The van der Waals surface area contributed by atoms with Gasteiger partial charge in [0.05, 0.1) is 0 Å². The Morgan fingerprint density at radius 1 is 1.28 bits per heavy atom. The van der Waals surface area contributed by atoms with Gasteiger partial charge in [-0.1, -0.05) is 44.1 Å². The van der Waals surface area contributed by atoms with Crippen LogP contribution in [-0.4, -0.2) is 23.8 Å². The van der Waals surface area contributed by atoms with E-state index in [1.165, 1.54) is 6.42 Å². The largest absolute Gasteiger partial charge is 0.340 e. The first-order valence-electron chi connectivity index (χ1n) is 8.69. The van der Waals surface area contributed by atoms with Crippen molar-refractivity contribution in [2.45, 2.75) is 59.9 Å². The van der Waals surface area contributed by atoms with Crippen molar-refractivity contribution in [3.63, 3.8) is 0 Å². The number of benzene rings is 1. The van der Waals surface area contributed by atoms with E-state index in [1.54, 1.807) is 6.07 Å². The molecule has 25 heavy (non-hydrogen) atoms. The Bertz CT molecular complexity index is 674. The van der Waals surface area contributed by atoms with Gasteiger partial charge in [-0.15, -0.1) is 0 Å². The predicted molar refractivity (Wildman–Crippen MR) is 100 cm³/mol. The van der Waals surface area contributed by atoms with Crippen LogP contribution in [0.4, 0.5) is 0 Å². The summed E-state index contributed by atoms with van der Waals surface area (Å²) in [6, 6.07) is 4.85. The summed E-state index contributed by atoms with van der Waals surface area (Å²) in [5, 5.41) is 4.94. The third-order valence-electron chi connectivity index (χ3n) is 3.61. The maximum atomic E-state index is 12.4. The van der Waals surface area contributed by atoms with E-state index in [0.717, 1.165) is 16.7 Å². The fraction of sp³-hybridized carbons (Fsp3) is 0.450. The van der Waals surface area contributed by atoms with Crippen LogP contribution in [0.1, 0.15) is 68.4 Å². The Labute approximate surface area is 149 Å². The van der Waals surface area contributed by atoms with Crippen molar-refractivity contribution in [3.8, 4) is 0 Å². The second-order valence-corrected chi connectivity index (χ2v) is 6.43. The van der Waals surface area contributed by atoms with E-state index in [0.29, 0.717) is 12.0 Å². The average molecular weight is 344 g/mol. The zero-order valence-electron chi connectivity index (χ0n) is 15.7. The minimum atomic E-state index is -0.656. The number of hydrogen-bond acceptors (Lipinski definition) is 3. The average Bonchev–Trinajstić information content (AvgIpc) is 2.52. The summed E-state index contributed by atoms with van der Waals surface area (Å²) in [5.41, 5.74) is 3.54. The molecule has 2 rings (SSSR count). The van der Waals surface area contributed by atoms with Crippen LogP contribution < -0.4 is 10.6 Å². The molecule has 0 radical (unpaired) electrons. The van der Waals surface area contributed by atoms with Crippen LogP contribution >= 0.6 is 0 Å². The number of piperidine rings is 1. The van der Waals surface area contributed by atoms with E-state index >= 15 is 0 Å². The summed E-state index contributed by atoms with van der Waals surface area (Å²) in [5.74, 6) is -1.03. The van der Waals surface area contributed by atoms with Gasteiger partial charge in [-0.3, -0.25) is 19.7 Å². The molecule has 1 aliphatic heterocycles. The first kappa shape index (κ1) is 20.6. The van der Waals surface area contributed by atoms with Crippen LogP contribution in [0.2, 0.25) is 0 Å². The zero-order chi connectivity index (χ0) is 19.0. The van der Waals surface area contributed by atoms with Crippen molar-refractivity contribution in [1.29, 1.82) is 0 Å². The summed E-state index contributed by atoms with van der Waals surface area (Å²) in [6.07, 6.45) is 3.84. The van der Waals surface area contributed by atoms with Gasteiger partial charge in [0.25, 0.3) is 5.91 Å². The number of hydrogen-bond donors (Lipinski definition) is 2. The molecule has 1 unspecified atom stereocenters. The molecule has 1 saturated heterocycles. The lowest BCUT2D eigenvalue weighted by atomic mass is 9.99. The third kappa shape index (κ3) is 6.18. The van der Waals surface area contributed by atoms with Crippen LogP contribution in [0.15, 0.2) is 23.8 Å². The second kappa shape index (κ2) is 9.77. The molecule has 1 heterocycles. The van der Waals surface area contributed by atoms with E-state index in [9.17, 15) is 14.4 Å². The fourth-order valence-electron chi connectivity index (χ4n) is 2.43. The van der Waals surface area contributed by atoms with Crippen LogP contribution in [0.3, 0.4) is 0 Å². The summed E-state index contributed by atoms with van der Waals surface area (Å²) in [7, 11) is 0. The lowest BCUT2D eigenvalue weighted by molar-refractivity contribution is -0.134. The van der Waals surface area contributed by atoms with Crippen LogP contribution in [0, 0.1) is 6.92 Å². The summed E-state index contributed by atoms with van der Waals surface area (Å²) in [4.78, 5) is 35.2. The number of carbonyl (C=O) groups excluding carboxylic acids is 3. The van der Waals surface area contributed by atoms with E-state index in [2.05, 4.69) is 24.5 Å². The zero-order valence-corrected chi connectivity index (χ0v) is 15.7. The van der Waals surface area contributed by atoms with E-state index in [1.807, 2.05) is 39.0 Å². The highest BCUT2D eigenvalue weighted by molar-refractivity contribution is 6.04. The van der Waals surface area contributed by atoms with Crippen LogP contribution in [0.5, 0.6) is 0 Å².